The van der Waals surface area contributed by atoms with Crippen LogP contribution < -0.4 is 0 Å². The summed E-state index contributed by atoms with van der Waals surface area (Å²) < 4.78 is 27.4. The van der Waals surface area contributed by atoms with Crippen molar-refractivity contribution in [1.82, 2.24) is 4.57 Å². The van der Waals surface area contributed by atoms with E-state index in [4.69, 9.17) is 9.47 Å². The Hall–Kier alpha value is -2.80. The largest absolute Gasteiger partial charge is 0.462 e. The van der Waals surface area contributed by atoms with Gasteiger partial charge in [0.15, 0.2) is 0 Å². The maximum Gasteiger partial charge on any atom is 0.338 e. The van der Waals surface area contributed by atoms with Gasteiger partial charge in [-0.15, -0.1) is 0 Å². The zero-order valence-corrected chi connectivity index (χ0v) is 20.1. The molecule has 2 aromatic carbocycles. The minimum Gasteiger partial charge on any atom is -0.462 e. The zero-order chi connectivity index (χ0) is 23.6. The van der Waals surface area contributed by atoms with Gasteiger partial charge in [0.2, 0.25) is 0 Å². The summed E-state index contributed by atoms with van der Waals surface area (Å²) in [6.07, 6.45) is 0. The Kier molecular flexibility index (Phi) is 6.98. The van der Waals surface area contributed by atoms with E-state index in [-0.39, 0.29) is 18.3 Å². The molecular weight excluding hydrogens is 429 g/mol. The van der Waals surface area contributed by atoms with Crippen molar-refractivity contribution in [2.45, 2.75) is 63.5 Å². The summed E-state index contributed by atoms with van der Waals surface area (Å²) in [4.78, 5) is 26.3. The fourth-order valence-electron chi connectivity index (χ4n) is 3.45. The van der Waals surface area contributed by atoms with Crippen LogP contribution in [0.3, 0.4) is 0 Å². The molecule has 170 valence electrons. The first kappa shape index (κ1) is 23.9. The molecule has 1 heterocycles. The second kappa shape index (κ2) is 9.36. The first-order valence-corrected chi connectivity index (χ1v) is 11.3. The van der Waals surface area contributed by atoms with E-state index in [1.807, 2.05) is 19.1 Å². The minimum absolute atomic E-state index is 0.0938. The SMILES string of the molecule is CCOC(=O)c1cccc(Sc2c(C)n(CC(=O)OC(C)(C)C)c3c(F)c(C)ccc23)c1. The topological polar surface area (TPSA) is 57.5 Å². The number of hydrogen-bond acceptors (Lipinski definition) is 5. The van der Waals surface area contributed by atoms with Gasteiger partial charge in [0.1, 0.15) is 18.0 Å². The summed E-state index contributed by atoms with van der Waals surface area (Å²) >= 11 is 1.42. The van der Waals surface area contributed by atoms with Gasteiger partial charge in [-0.1, -0.05) is 30.0 Å². The monoisotopic (exact) mass is 457 g/mol. The number of nitrogens with zero attached hydrogens (tertiary/aromatic N) is 1. The molecule has 32 heavy (non-hydrogen) atoms. The third kappa shape index (κ3) is 5.15. The third-order valence-electron chi connectivity index (χ3n) is 4.83. The van der Waals surface area contributed by atoms with Crippen molar-refractivity contribution in [2.75, 3.05) is 6.61 Å². The van der Waals surface area contributed by atoms with Gasteiger partial charge < -0.3 is 14.0 Å². The lowest BCUT2D eigenvalue weighted by Crippen LogP contribution is -2.26. The molecule has 0 spiro atoms. The molecule has 0 atom stereocenters. The van der Waals surface area contributed by atoms with Crippen molar-refractivity contribution in [1.29, 1.82) is 0 Å². The van der Waals surface area contributed by atoms with Gasteiger partial charge >= 0.3 is 11.9 Å². The second-order valence-corrected chi connectivity index (χ2v) is 9.61. The van der Waals surface area contributed by atoms with E-state index in [1.54, 1.807) is 63.5 Å². The Bertz CT molecular complexity index is 1180. The van der Waals surface area contributed by atoms with Crippen LogP contribution >= 0.6 is 11.8 Å². The molecule has 0 N–H and O–H groups in total. The average Bonchev–Trinajstić information content (AvgIpc) is 2.96. The predicted molar refractivity (Wildman–Crippen MR) is 124 cm³/mol. The summed E-state index contributed by atoms with van der Waals surface area (Å²) in [5.74, 6) is -1.18. The number of esters is 2. The molecule has 0 saturated carbocycles. The zero-order valence-electron chi connectivity index (χ0n) is 19.2. The molecule has 0 bridgehead atoms. The number of ether oxygens (including phenoxy) is 2. The van der Waals surface area contributed by atoms with Gasteiger partial charge in [-0.3, -0.25) is 4.79 Å². The Morgan fingerprint density at radius 3 is 2.50 bits per heavy atom. The molecule has 3 rings (SSSR count). The fourth-order valence-corrected chi connectivity index (χ4v) is 4.55. The highest BCUT2D eigenvalue weighted by Crippen LogP contribution is 2.40. The maximum atomic E-state index is 15.2. The molecule has 1 aromatic heterocycles. The summed E-state index contributed by atoms with van der Waals surface area (Å²) in [7, 11) is 0. The van der Waals surface area contributed by atoms with E-state index in [9.17, 15) is 9.59 Å². The van der Waals surface area contributed by atoms with Crippen LogP contribution in [0.25, 0.3) is 10.9 Å². The lowest BCUT2D eigenvalue weighted by Gasteiger charge is -2.20. The first-order valence-electron chi connectivity index (χ1n) is 10.5. The molecule has 0 amide bonds. The Balaban J connectivity index is 2.06. The molecule has 7 heteroatoms. The normalized spacial score (nSPS) is 11.6. The summed E-state index contributed by atoms with van der Waals surface area (Å²) in [5.41, 5.74) is 1.45. The van der Waals surface area contributed by atoms with Crippen molar-refractivity contribution >= 4 is 34.6 Å². The molecule has 3 aromatic rings. The standard InChI is InChI=1S/C25H28FNO4S/c1-7-30-24(29)17-9-8-10-18(13-17)32-23-16(3)27(14-20(28)31-25(4,5)6)22-19(23)12-11-15(2)21(22)26/h8-13H,7,14H2,1-6H3. The molecule has 0 fully saturated rings. The predicted octanol–water partition coefficient (Wildman–Crippen LogP) is 6.07. The van der Waals surface area contributed by atoms with Crippen LogP contribution in [0.5, 0.6) is 0 Å². The van der Waals surface area contributed by atoms with Gasteiger partial charge in [-0.05, 0) is 65.3 Å². The summed E-state index contributed by atoms with van der Waals surface area (Å²) in [6, 6.07) is 10.7. The lowest BCUT2D eigenvalue weighted by atomic mass is 10.1. The van der Waals surface area contributed by atoms with Crippen LogP contribution in [-0.4, -0.2) is 28.7 Å². The van der Waals surface area contributed by atoms with Crippen molar-refractivity contribution in [3.63, 3.8) is 0 Å². The number of halogens is 1. The Morgan fingerprint density at radius 2 is 1.84 bits per heavy atom. The van der Waals surface area contributed by atoms with Crippen LogP contribution in [0.2, 0.25) is 0 Å². The van der Waals surface area contributed by atoms with Crippen molar-refractivity contribution in [3.05, 3.63) is 59.0 Å². The van der Waals surface area contributed by atoms with Gasteiger partial charge in [0, 0.05) is 20.9 Å². The number of hydrogen-bond donors (Lipinski definition) is 0. The number of rotatable bonds is 6. The van der Waals surface area contributed by atoms with E-state index >= 15 is 4.39 Å². The quantitative estimate of drug-likeness (QED) is 0.421. The Labute approximate surface area is 191 Å². The molecule has 0 radical (unpaired) electrons. The third-order valence-corrected chi connectivity index (χ3v) is 6.04. The molecular formula is C25H28FNO4S. The highest BCUT2D eigenvalue weighted by atomic mass is 32.2. The van der Waals surface area contributed by atoms with Crippen LogP contribution in [0.4, 0.5) is 4.39 Å². The van der Waals surface area contributed by atoms with Crippen LogP contribution in [0.1, 0.15) is 49.3 Å². The van der Waals surface area contributed by atoms with Gasteiger partial charge in [-0.2, -0.15) is 0 Å². The molecule has 0 unspecified atom stereocenters. The number of aromatic nitrogens is 1. The summed E-state index contributed by atoms with van der Waals surface area (Å²) in [6.45, 7) is 10.9. The fraction of sp³-hybridized carbons (Fsp3) is 0.360. The lowest BCUT2D eigenvalue weighted by molar-refractivity contribution is -0.155. The molecule has 0 saturated heterocycles. The van der Waals surface area contributed by atoms with Crippen molar-refractivity contribution in [2.24, 2.45) is 0 Å². The molecule has 5 nitrogen and oxygen atoms in total. The molecule has 0 aliphatic rings. The second-order valence-electron chi connectivity index (χ2n) is 8.53. The smallest absolute Gasteiger partial charge is 0.338 e. The number of carbonyl (C=O) groups is 2. The summed E-state index contributed by atoms with van der Waals surface area (Å²) in [5, 5.41) is 0.709. The number of aryl methyl sites for hydroxylation is 1. The van der Waals surface area contributed by atoms with Crippen molar-refractivity contribution < 1.29 is 23.5 Å². The van der Waals surface area contributed by atoms with Crippen LogP contribution in [0.15, 0.2) is 46.2 Å². The highest BCUT2D eigenvalue weighted by Gasteiger charge is 2.23. The highest BCUT2D eigenvalue weighted by molar-refractivity contribution is 7.99. The number of benzene rings is 2. The van der Waals surface area contributed by atoms with Gasteiger partial charge in [-0.25, -0.2) is 9.18 Å². The molecule has 0 aliphatic carbocycles. The van der Waals surface area contributed by atoms with E-state index < -0.39 is 11.6 Å². The average molecular weight is 458 g/mol. The maximum absolute atomic E-state index is 15.2. The minimum atomic E-state index is -0.631. The van der Waals surface area contributed by atoms with E-state index in [0.717, 1.165) is 15.5 Å². The van der Waals surface area contributed by atoms with Gasteiger partial charge in [0.05, 0.1) is 17.7 Å². The van der Waals surface area contributed by atoms with E-state index in [1.165, 1.54) is 11.8 Å². The first-order chi connectivity index (χ1) is 15.0. The van der Waals surface area contributed by atoms with E-state index in [0.29, 0.717) is 28.6 Å². The molecule has 0 aliphatic heterocycles. The Morgan fingerprint density at radius 1 is 1.12 bits per heavy atom. The van der Waals surface area contributed by atoms with Crippen LogP contribution in [-0.2, 0) is 20.8 Å². The van der Waals surface area contributed by atoms with Gasteiger partial charge in [0.25, 0.3) is 0 Å². The van der Waals surface area contributed by atoms with Crippen molar-refractivity contribution in [3.8, 4) is 0 Å². The van der Waals surface area contributed by atoms with Crippen LogP contribution in [0, 0.1) is 19.7 Å². The number of fused-ring (bicyclic) bond motifs is 1. The number of carbonyl (C=O) groups excluding carboxylic acids is 2. The van der Waals surface area contributed by atoms with E-state index in [2.05, 4.69) is 0 Å².